The molecule has 0 amide bonds. The summed E-state index contributed by atoms with van der Waals surface area (Å²) in [5.41, 5.74) is 3.06. The third-order valence-corrected chi connectivity index (χ3v) is 7.22. The molecule has 2 N–H and O–H groups in total. The van der Waals surface area contributed by atoms with Crippen LogP contribution in [-0.2, 0) is 11.8 Å². The van der Waals surface area contributed by atoms with Crippen LogP contribution in [0.2, 0.25) is 0 Å². The maximum atomic E-state index is 5.98. The molecule has 4 atom stereocenters. The van der Waals surface area contributed by atoms with Crippen molar-refractivity contribution in [1.82, 2.24) is 15.5 Å². The summed E-state index contributed by atoms with van der Waals surface area (Å²) >= 11 is 0. The first kappa shape index (κ1) is 19.0. The van der Waals surface area contributed by atoms with E-state index in [1.165, 1.54) is 36.8 Å². The van der Waals surface area contributed by atoms with Gasteiger partial charge in [-0.3, -0.25) is 0 Å². The Hall–Kier alpha value is -1.30. The van der Waals surface area contributed by atoms with Crippen LogP contribution in [-0.4, -0.2) is 64.9 Å². The van der Waals surface area contributed by atoms with Gasteiger partial charge in [0.25, 0.3) is 0 Å². The molecule has 0 bridgehead atoms. The SMILES string of the molecule is COc1ccc2c(c1OC)[C@]1(CCN(C)C)CC3NCCNC3CC1CC2. The van der Waals surface area contributed by atoms with Crippen LogP contribution in [0, 0.1) is 5.92 Å². The number of nitrogens with zero attached hydrogens (tertiary/aromatic N) is 1. The molecule has 0 radical (unpaired) electrons. The van der Waals surface area contributed by atoms with E-state index in [0.717, 1.165) is 37.6 Å². The molecule has 3 aliphatic rings. The van der Waals surface area contributed by atoms with Gasteiger partial charge in [0, 0.05) is 36.2 Å². The molecule has 2 aliphatic carbocycles. The van der Waals surface area contributed by atoms with Gasteiger partial charge >= 0.3 is 0 Å². The zero-order valence-electron chi connectivity index (χ0n) is 17.3. The zero-order valence-corrected chi connectivity index (χ0v) is 17.3. The Balaban J connectivity index is 1.83. The van der Waals surface area contributed by atoms with Crippen LogP contribution in [0.3, 0.4) is 0 Å². The minimum absolute atomic E-state index is 0.158. The maximum Gasteiger partial charge on any atom is 0.164 e. The van der Waals surface area contributed by atoms with E-state index < -0.39 is 0 Å². The van der Waals surface area contributed by atoms with E-state index >= 15 is 0 Å². The molecule has 1 aromatic carbocycles. The summed E-state index contributed by atoms with van der Waals surface area (Å²) in [5.74, 6) is 2.54. The molecule has 0 spiro atoms. The molecule has 1 heterocycles. The number of hydrogen-bond acceptors (Lipinski definition) is 5. The van der Waals surface area contributed by atoms with Gasteiger partial charge in [0.15, 0.2) is 11.5 Å². The molecule has 1 aliphatic heterocycles. The highest BCUT2D eigenvalue weighted by atomic mass is 16.5. The van der Waals surface area contributed by atoms with Crippen LogP contribution in [0.4, 0.5) is 0 Å². The van der Waals surface area contributed by atoms with Crippen LogP contribution in [0.15, 0.2) is 12.1 Å². The lowest BCUT2D eigenvalue weighted by Gasteiger charge is -2.55. The number of fused-ring (bicyclic) bond motifs is 4. The van der Waals surface area contributed by atoms with Gasteiger partial charge in [0.05, 0.1) is 14.2 Å². The Morgan fingerprint density at radius 3 is 2.59 bits per heavy atom. The lowest BCUT2D eigenvalue weighted by molar-refractivity contribution is 0.0742. The highest BCUT2D eigenvalue weighted by molar-refractivity contribution is 5.56. The molecular weight excluding hydrogens is 338 g/mol. The van der Waals surface area contributed by atoms with Gasteiger partial charge < -0.3 is 25.0 Å². The zero-order chi connectivity index (χ0) is 19.0. The van der Waals surface area contributed by atoms with E-state index in [1.54, 1.807) is 14.2 Å². The Labute approximate surface area is 163 Å². The number of ether oxygens (including phenoxy) is 2. The standard InChI is InChI=1S/C22H35N3O2/c1-25(2)12-9-22-14-18-17(23-10-11-24-18)13-16(22)7-5-15-6-8-19(26-3)21(27-4)20(15)22/h6,8,16-18,23-24H,5,7,9-14H2,1-4H3/t16?,17?,18?,22-/m1/s1. The fraction of sp³-hybridized carbons (Fsp3) is 0.727. The average Bonchev–Trinajstić information content (AvgIpc) is 2.69. The van der Waals surface area contributed by atoms with Crippen LogP contribution >= 0.6 is 0 Å². The largest absolute Gasteiger partial charge is 0.493 e. The van der Waals surface area contributed by atoms with Gasteiger partial charge in [-0.15, -0.1) is 0 Å². The lowest BCUT2D eigenvalue weighted by Crippen LogP contribution is -2.64. The molecule has 1 saturated heterocycles. The smallest absolute Gasteiger partial charge is 0.164 e. The van der Waals surface area contributed by atoms with Gasteiger partial charge in [-0.2, -0.15) is 0 Å². The first-order valence-corrected chi connectivity index (χ1v) is 10.4. The Morgan fingerprint density at radius 2 is 1.89 bits per heavy atom. The normalized spacial score (nSPS) is 32.4. The molecule has 1 saturated carbocycles. The van der Waals surface area contributed by atoms with E-state index in [-0.39, 0.29) is 5.41 Å². The van der Waals surface area contributed by atoms with E-state index in [2.05, 4.69) is 41.8 Å². The van der Waals surface area contributed by atoms with Crippen LogP contribution in [0.25, 0.3) is 0 Å². The predicted molar refractivity (Wildman–Crippen MR) is 109 cm³/mol. The Morgan fingerprint density at radius 1 is 1.11 bits per heavy atom. The van der Waals surface area contributed by atoms with Crippen molar-refractivity contribution < 1.29 is 9.47 Å². The van der Waals surface area contributed by atoms with E-state index in [4.69, 9.17) is 9.47 Å². The van der Waals surface area contributed by atoms with E-state index in [0.29, 0.717) is 18.0 Å². The first-order valence-electron chi connectivity index (χ1n) is 10.4. The van der Waals surface area contributed by atoms with Gasteiger partial charge in [0.1, 0.15) is 0 Å². The van der Waals surface area contributed by atoms with Crippen molar-refractivity contribution in [2.45, 2.75) is 49.6 Å². The van der Waals surface area contributed by atoms with Gasteiger partial charge in [0.2, 0.25) is 0 Å². The number of methoxy groups -OCH3 is 2. The molecule has 27 heavy (non-hydrogen) atoms. The van der Waals surface area contributed by atoms with Crippen molar-refractivity contribution >= 4 is 0 Å². The summed E-state index contributed by atoms with van der Waals surface area (Å²) in [5, 5.41) is 7.60. The summed E-state index contributed by atoms with van der Waals surface area (Å²) in [6, 6.07) is 5.51. The molecule has 0 aromatic heterocycles. The van der Waals surface area contributed by atoms with Gasteiger partial charge in [-0.25, -0.2) is 0 Å². The first-order chi connectivity index (χ1) is 13.1. The lowest BCUT2D eigenvalue weighted by atomic mass is 9.53. The quantitative estimate of drug-likeness (QED) is 0.828. The van der Waals surface area contributed by atoms with Crippen molar-refractivity contribution in [3.8, 4) is 11.5 Å². The highest BCUT2D eigenvalue weighted by Gasteiger charge is 2.52. The highest BCUT2D eigenvalue weighted by Crippen LogP contribution is 2.56. The van der Waals surface area contributed by atoms with Crippen molar-refractivity contribution in [3.63, 3.8) is 0 Å². The molecule has 1 aromatic rings. The molecule has 4 rings (SSSR count). The molecular formula is C22H35N3O2. The Bertz CT molecular complexity index is 678. The third-order valence-electron chi connectivity index (χ3n) is 7.22. The molecule has 5 nitrogen and oxygen atoms in total. The summed E-state index contributed by atoms with van der Waals surface area (Å²) in [6.45, 7) is 3.26. The fourth-order valence-electron chi connectivity index (χ4n) is 5.96. The summed E-state index contributed by atoms with van der Waals surface area (Å²) < 4.78 is 11.7. The average molecular weight is 374 g/mol. The second-order valence-corrected chi connectivity index (χ2v) is 8.84. The van der Waals surface area contributed by atoms with Gasteiger partial charge in [-0.1, -0.05) is 6.07 Å². The van der Waals surface area contributed by atoms with E-state index in [9.17, 15) is 0 Å². The van der Waals surface area contributed by atoms with Crippen molar-refractivity contribution in [2.75, 3.05) is 47.9 Å². The predicted octanol–water partition coefficient (Wildman–Crippen LogP) is 2.18. The number of piperazine rings is 1. The number of nitrogens with one attached hydrogen (secondary N) is 2. The fourth-order valence-corrected chi connectivity index (χ4v) is 5.96. The number of rotatable bonds is 5. The summed E-state index contributed by atoms with van der Waals surface area (Å²) in [6.07, 6.45) is 6.03. The molecule has 5 heteroatoms. The number of benzene rings is 1. The Kier molecular flexibility index (Phi) is 5.36. The second-order valence-electron chi connectivity index (χ2n) is 8.84. The van der Waals surface area contributed by atoms with Crippen LogP contribution in [0.5, 0.6) is 11.5 Å². The van der Waals surface area contributed by atoms with E-state index in [1.807, 2.05) is 0 Å². The number of hydrogen-bond donors (Lipinski definition) is 2. The van der Waals surface area contributed by atoms with Crippen molar-refractivity contribution in [3.05, 3.63) is 23.3 Å². The van der Waals surface area contributed by atoms with Crippen molar-refractivity contribution in [2.24, 2.45) is 5.92 Å². The van der Waals surface area contributed by atoms with Crippen molar-refractivity contribution in [1.29, 1.82) is 0 Å². The summed E-state index contributed by atoms with van der Waals surface area (Å²) in [4.78, 5) is 2.32. The summed E-state index contributed by atoms with van der Waals surface area (Å²) in [7, 11) is 7.92. The molecule has 3 unspecified atom stereocenters. The molecule has 2 fully saturated rings. The van der Waals surface area contributed by atoms with Crippen LogP contribution in [0.1, 0.15) is 36.8 Å². The third kappa shape index (κ3) is 3.24. The minimum atomic E-state index is 0.158. The number of aryl methyl sites for hydroxylation is 1. The van der Waals surface area contributed by atoms with Gasteiger partial charge in [-0.05, 0) is 70.3 Å². The topological polar surface area (TPSA) is 45.8 Å². The monoisotopic (exact) mass is 373 g/mol. The molecule has 150 valence electrons. The second kappa shape index (κ2) is 7.61. The maximum absolute atomic E-state index is 5.98. The van der Waals surface area contributed by atoms with Crippen LogP contribution < -0.4 is 20.1 Å². The minimum Gasteiger partial charge on any atom is -0.493 e.